The Labute approximate surface area is 192 Å². The molecule has 0 saturated heterocycles. The maximum atomic E-state index is 13.2. The molecule has 168 valence electrons. The number of thiophene rings is 1. The minimum atomic E-state index is -0.714. The number of carbonyl (C=O) groups is 3. The Kier molecular flexibility index (Phi) is 6.50. The van der Waals surface area contributed by atoms with Crippen LogP contribution < -0.4 is 14.8 Å². The summed E-state index contributed by atoms with van der Waals surface area (Å²) < 4.78 is 29.0. The van der Waals surface area contributed by atoms with Crippen molar-refractivity contribution >= 4 is 46.3 Å². The minimum Gasteiger partial charge on any atom is -0.454 e. The molecule has 7 nitrogen and oxygen atoms in total. The molecule has 0 fully saturated rings. The van der Waals surface area contributed by atoms with Gasteiger partial charge in [0, 0.05) is 16.5 Å². The van der Waals surface area contributed by atoms with E-state index in [0.717, 1.165) is 0 Å². The smallest absolute Gasteiger partial charge is 0.340 e. The molecule has 0 saturated carbocycles. The Morgan fingerprint density at radius 2 is 1.85 bits per heavy atom. The van der Waals surface area contributed by atoms with E-state index < -0.39 is 24.3 Å². The summed E-state index contributed by atoms with van der Waals surface area (Å²) in [4.78, 5) is 37.8. The topological polar surface area (TPSA) is 90.9 Å². The second-order valence-corrected chi connectivity index (χ2v) is 7.97. The molecule has 1 amide bonds. The highest BCUT2D eigenvalue weighted by molar-refractivity contribution is 7.11. The van der Waals surface area contributed by atoms with Crippen molar-refractivity contribution < 1.29 is 33.0 Å². The highest BCUT2D eigenvalue weighted by Gasteiger charge is 2.21. The number of nitrogens with one attached hydrogen (secondary N) is 1. The largest absolute Gasteiger partial charge is 0.454 e. The first-order valence-electron chi connectivity index (χ1n) is 9.83. The number of ether oxygens (including phenoxy) is 3. The first kappa shape index (κ1) is 22.2. The number of ketones is 1. The van der Waals surface area contributed by atoms with Crippen LogP contribution in [0.1, 0.15) is 27.7 Å². The summed E-state index contributed by atoms with van der Waals surface area (Å²) in [6, 6.07) is 12.1. The van der Waals surface area contributed by atoms with Crippen LogP contribution >= 0.6 is 11.3 Å². The first-order valence-corrected chi connectivity index (χ1v) is 10.7. The van der Waals surface area contributed by atoms with E-state index in [-0.39, 0.29) is 29.4 Å². The van der Waals surface area contributed by atoms with Gasteiger partial charge in [0.05, 0.1) is 11.3 Å². The molecule has 0 radical (unpaired) electrons. The van der Waals surface area contributed by atoms with Crippen molar-refractivity contribution in [2.75, 3.05) is 18.7 Å². The molecule has 2 aromatic carbocycles. The van der Waals surface area contributed by atoms with E-state index in [4.69, 9.17) is 14.2 Å². The normalized spacial score (nSPS) is 12.4. The summed E-state index contributed by atoms with van der Waals surface area (Å²) in [5.41, 5.74) is 1.31. The van der Waals surface area contributed by atoms with Crippen LogP contribution in [-0.2, 0) is 14.3 Å². The third-order valence-electron chi connectivity index (χ3n) is 4.69. The molecule has 0 unspecified atom stereocenters. The van der Waals surface area contributed by atoms with Crippen LogP contribution in [0.15, 0.2) is 53.9 Å². The van der Waals surface area contributed by atoms with Gasteiger partial charge in [-0.2, -0.15) is 0 Å². The van der Waals surface area contributed by atoms with Gasteiger partial charge in [-0.25, -0.2) is 9.18 Å². The lowest BCUT2D eigenvalue weighted by Gasteiger charge is -2.11. The Bertz CT molecular complexity index is 1230. The van der Waals surface area contributed by atoms with Gasteiger partial charge in [0.25, 0.3) is 5.91 Å². The fourth-order valence-corrected chi connectivity index (χ4v) is 3.85. The van der Waals surface area contributed by atoms with Crippen LogP contribution in [-0.4, -0.2) is 31.1 Å². The fraction of sp³-hybridized carbons (Fsp3) is 0.125. The summed E-state index contributed by atoms with van der Waals surface area (Å²) in [6.07, 6.45) is 1.57. The van der Waals surface area contributed by atoms with E-state index >= 15 is 0 Å². The van der Waals surface area contributed by atoms with E-state index in [1.54, 1.807) is 23.6 Å². The van der Waals surface area contributed by atoms with Crippen LogP contribution in [0, 0.1) is 5.82 Å². The molecule has 9 heteroatoms. The molecule has 0 atom stereocenters. The highest BCUT2D eigenvalue weighted by Crippen LogP contribution is 2.37. The van der Waals surface area contributed by atoms with Gasteiger partial charge in [-0.15, -0.1) is 11.3 Å². The van der Waals surface area contributed by atoms with Gasteiger partial charge in [-0.1, -0.05) is 18.2 Å². The average molecular weight is 467 g/mol. The summed E-state index contributed by atoms with van der Waals surface area (Å²) in [5, 5.41) is 4.38. The monoisotopic (exact) mass is 467 g/mol. The van der Waals surface area contributed by atoms with Crippen molar-refractivity contribution in [2.45, 2.75) is 6.92 Å². The molecule has 1 aromatic heterocycles. The van der Waals surface area contributed by atoms with E-state index in [1.807, 2.05) is 0 Å². The molecule has 1 aliphatic rings. The van der Waals surface area contributed by atoms with Gasteiger partial charge in [-0.3, -0.25) is 9.59 Å². The van der Waals surface area contributed by atoms with Crippen LogP contribution in [0.3, 0.4) is 0 Å². The van der Waals surface area contributed by atoms with Crippen molar-refractivity contribution in [3.63, 3.8) is 0 Å². The molecule has 0 spiro atoms. The lowest BCUT2D eigenvalue weighted by Crippen LogP contribution is -2.22. The molecule has 1 N–H and O–H groups in total. The fourth-order valence-electron chi connectivity index (χ4n) is 3.12. The SMILES string of the molecule is CC(=O)c1cc2c(cc1NC(=O)COC(=O)/C(=C/c1ccc(F)cc1)c1cccs1)OCO2. The zero-order valence-electron chi connectivity index (χ0n) is 17.4. The Balaban J connectivity index is 1.47. The van der Waals surface area contributed by atoms with Gasteiger partial charge in [0.15, 0.2) is 23.9 Å². The Hall–Kier alpha value is -3.98. The number of rotatable bonds is 7. The third-order valence-corrected chi connectivity index (χ3v) is 5.59. The van der Waals surface area contributed by atoms with Crippen LogP contribution in [0.5, 0.6) is 11.5 Å². The maximum absolute atomic E-state index is 13.2. The summed E-state index contributed by atoms with van der Waals surface area (Å²) in [7, 11) is 0. The predicted octanol–water partition coefficient (Wildman–Crippen LogP) is 4.54. The quantitative estimate of drug-likeness (QED) is 0.312. The van der Waals surface area contributed by atoms with Crippen molar-refractivity contribution in [1.82, 2.24) is 0 Å². The molecule has 1 aliphatic heterocycles. The van der Waals surface area contributed by atoms with Crippen molar-refractivity contribution in [2.24, 2.45) is 0 Å². The molecule has 2 heterocycles. The lowest BCUT2D eigenvalue weighted by atomic mass is 10.1. The van der Waals surface area contributed by atoms with Crippen molar-refractivity contribution in [3.8, 4) is 11.5 Å². The van der Waals surface area contributed by atoms with E-state index in [0.29, 0.717) is 21.9 Å². The number of hydrogen-bond acceptors (Lipinski definition) is 7. The molecular weight excluding hydrogens is 449 g/mol. The number of amides is 1. The lowest BCUT2D eigenvalue weighted by molar-refractivity contribution is -0.141. The van der Waals surface area contributed by atoms with Gasteiger partial charge in [0.1, 0.15) is 5.82 Å². The third kappa shape index (κ3) is 5.27. The first-order chi connectivity index (χ1) is 15.9. The van der Waals surface area contributed by atoms with Crippen molar-refractivity contribution in [1.29, 1.82) is 0 Å². The zero-order chi connectivity index (χ0) is 23.4. The maximum Gasteiger partial charge on any atom is 0.340 e. The number of carbonyl (C=O) groups excluding carboxylic acids is 3. The van der Waals surface area contributed by atoms with Crippen LogP contribution in [0.2, 0.25) is 0 Å². The highest BCUT2D eigenvalue weighted by atomic mass is 32.1. The van der Waals surface area contributed by atoms with Gasteiger partial charge in [0.2, 0.25) is 6.79 Å². The second kappa shape index (κ2) is 9.66. The average Bonchev–Trinajstić information content (AvgIpc) is 3.48. The minimum absolute atomic E-state index is 0.0214. The number of hydrogen-bond donors (Lipinski definition) is 1. The Morgan fingerprint density at radius 1 is 1.12 bits per heavy atom. The number of benzene rings is 2. The van der Waals surface area contributed by atoms with Crippen molar-refractivity contribution in [3.05, 3.63) is 75.7 Å². The molecule has 4 rings (SSSR count). The van der Waals surface area contributed by atoms with E-state index in [2.05, 4.69) is 5.32 Å². The summed E-state index contributed by atoms with van der Waals surface area (Å²) in [5.74, 6) is -1.20. The number of fused-ring (bicyclic) bond motifs is 1. The zero-order valence-corrected chi connectivity index (χ0v) is 18.2. The summed E-state index contributed by atoms with van der Waals surface area (Å²) in [6.45, 7) is 0.811. The molecular formula is C24H18FNO6S. The van der Waals surface area contributed by atoms with Gasteiger partial charge >= 0.3 is 5.97 Å². The Morgan fingerprint density at radius 3 is 2.52 bits per heavy atom. The number of halogens is 1. The van der Waals surface area contributed by atoms with Crippen LogP contribution in [0.4, 0.5) is 10.1 Å². The molecule has 0 aliphatic carbocycles. The number of Topliss-reactive ketones (excluding diaryl/α,β-unsaturated/α-hetero) is 1. The number of anilines is 1. The molecule has 3 aromatic rings. The second-order valence-electron chi connectivity index (χ2n) is 7.02. The standard InChI is InChI=1S/C24H18FNO6S/c1-14(27)17-10-20-21(32-13-31-20)11-19(17)26-23(28)12-30-24(29)18(22-3-2-8-33-22)9-15-4-6-16(25)7-5-15/h2-11H,12-13H2,1H3,(H,26,28)/b18-9+. The van der Waals surface area contributed by atoms with E-state index in [9.17, 15) is 18.8 Å². The van der Waals surface area contributed by atoms with Gasteiger partial charge in [-0.05, 0) is 48.2 Å². The van der Waals surface area contributed by atoms with Crippen LogP contribution in [0.25, 0.3) is 11.6 Å². The molecule has 33 heavy (non-hydrogen) atoms. The van der Waals surface area contributed by atoms with E-state index in [1.165, 1.54) is 54.7 Å². The van der Waals surface area contributed by atoms with Gasteiger partial charge < -0.3 is 19.5 Å². The number of esters is 1. The predicted molar refractivity (Wildman–Crippen MR) is 121 cm³/mol. The molecule has 0 bridgehead atoms. The summed E-state index contributed by atoms with van der Waals surface area (Å²) >= 11 is 1.33.